The van der Waals surface area contributed by atoms with E-state index in [1.54, 1.807) is 0 Å². The Morgan fingerprint density at radius 3 is 2.81 bits per heavy atom. The summed E-state index contributed by atoms with van der Waals surface area (Å²) in [5.74, 6) is 0.632. The quantitative estimate of drug-likeness (QED) is 0.730. The summed E-state index contributed by atoms with van der Waals surface area (Å²) in [4.78, 5) is 11.8. The molecule has 3 aliphatic carbocycles. The predicted octanol–water partition coefficient (Wildman–Crippen LogP) is 1.88. The molecule has 1 heterocycles. The first-order valence-electron chi connectivity index (χ1n) is 5.89. The van der Waals surface area contributed by atoms with Crippen LogP contribution >= 0.6 is 0 Å². The molecule has 0 atom stereocenters. The maximum Gasteiger partial charge on any atom is 0.356 e. The van der Waals surface area contributed by atoms with E-state index in [0.717, 1.165) is 11.6 Å². The first-order chi connectivity index (χ1) is 7.64. The lowest BCUT2D eigenvalue weighted by molar-refractivity contribution is -0.0996. The van der Waals surface area contributed by atoms with Gasteiger partial charge in [0.15, 0.2) is 0 Å². The smallest absolute Gasteiger partial charge is 0.356 e. The topological polar surface area (TPSA) is 44.1 Å². The Morgan fingerprint density at radius 1 is 1.62 bits per heavy atom. The van der Waals surface area contributed by atoms with E-state index in [0.29, 0.717) is 12.3 Å². The Labute approximate surface area is 94.6 Å². The summed E-state index contributed by atoms with van der Waals surface area (Å²) in [6.07, 6.45) is 3.54. The maximum absolute atomic E-state index is 11.8. The Kier molecular flexibility index (Phi) is 1.91. The van der Waals surface area contributed by atoms with Gasteiger partial charge in [-0.3, -0.25) is 4.68 Å². The molecular weight excluding hydrogens is 204 g/mol. The summed E-state index contributed by atoms with van der Waals surface area (Å²) in [6.45, 7) is 4.16. The van der Waals surface area contributed by atoms with Crippen molar-refractivity contribution in [2.45, 2.75) is 38.6 Å². The summed E-state index contributed by atoms with van der Waals surface area (Å²) in [6, 6.07) is 1.83. The molecule has 4 nitrogen and oxygen atoms in total. The number of carbonyl (C=O) groups is 1. The number of rotatable bonds is 3. The molecule has 3 fully saturated rings. The zero-order valence-corrected chi connectivity index (χ0v) is 9.69. The van der Waals surface area contributed by atoms with Gasteiger partial charge in [-0.25, -0.2) is 4.79 Å². The second kappa shape index (κ2) is 3.09. The molecule has 3 saturated carbocycles. The fraction of sp³-hybridized carbons (Fsp3) is 0.667. The molecule has 1 aromatic rings. The zero-order valence-electron chi connectivity index (χ0n) is 9.69. The van der Waals surface area contributed by atoms with Crippen molar-refractivity contribution >= 4 is 5.97 Å². The second-order valence-electron chi connectivity index (χ2n) is 5.01. The Hall–Kier alpha value is -1.32. The van der Waals surface area contributed by atoms with Crippen LogP contribution in [0, 0.1) is 12.8 Å². The van der Waals surface area contributed by atoms with E-state index in [2.05, 4.69) is 5.10 Å². The number of esters is 1. The highest BCUT2D eigenvalue weighted by Crippen LogP contribution is 2.62. The molecule has 0 aromatic carbocycles. The molecule has 0 N–H and O–H groups in total. The van der Waals surface area contributed by atoms with Gasteiger partial charge in [0, 0.05) is 0 Å². The van der Waals surface area contributed by atoms with Crippen molar-refractivity contribution in [3.63, 3.8) is 0 Å². The highest BCUT2D eigenvalue weighted by atomic mass is 16.5. The number of aryl methyl sites for hydroxylation is 1. The molecule has 16 heavy (non-hydrogen) atoms. The lowest BCUT2D eigenvalue weighted by Crippen LogP contribution is -2.60. The number of carbonyl (C=O) groups excluding carboxylic acids is 1. The van der Waals surface area contributed by atoms with Gasteiger partial charge in [-0.1, -0.05) is 0 Å². The normalized spacial score (nSPS) is 30.5. The van der Waals surface area contributed by atoms with E-state index >= 15 is 0 Å². The van der Waals surface area contributed by atoms with Crippen molar-refractivity contribution in [1.29, 1.82) is 0 Å². The van der Waals surface area contributed by atoms with Crippen LogP contribution in [0.4, 0.5) is 0 Å². The van der Waals surface area contributed by atoms with Gasteiger partial charge in [0.25, 0.3) is 0 Å². The van der Waals surface area contributed by atoms with Gasteiger partial charge in [-0.2, -0.15) is 5.10 Å². The summed E-state index contributed by atoms with van der Waals surface area (Å²) in [5, 5.41) is 4.46. The van der Waals surface area contributed by atoms with Crippen LogP contribution in [0.1, 0.15) is 42.4 Å². The Balaban J connectivity index is 1.94. The van der Waals surface area contributed by atoms with E-state index < -0.39 is 0 Å². The monoisotopic (exact) mass is 220 g/mol. The zero-order chi connectivity index (χ0) is 11.3. The molecule has 1 aromatic heterocycles. The first-order valence-corrected chi connectivity index (χ1v) is 5.89. The average Bonchev–Trinajstić information content (AvgIpc) is 2.42. The van der Waals surface area contributed by atoms with Gasteiger partial charge < -0.3 is 4.74 Å². The third-order valence-electron chi connectivity index (χ3n) is 3.77. The minimum atomic E-state index is -0.243. The van der Waals surface area contributed by atoms with Crippen molar-refractivity contribution < 1.29 is 9.53 Å². The lowest BCUT2D eigenvalue weighted by Gasteiger charge is -2.61. The molecule has 3 aliphatic rings. The average molecular weight is 220 g/mol. The van der Waals surface area contributed by atoms with Gasteiger partial charge in [-0.15, -0.1) is 0 Å². The number of aromatic nitrogens is 2. The van der Waals surface area contributed by atoms with Crippen molar-refractivity contribution in [2.24, 2.45) is 5.92 Å². The SMILES string of the molecule is CCOC(=O)c1cc(C)nn1C12CC(C1)C2. The first kappa shape index (κ1) is 9.87. The van der Waals surface area contributed by atoms with Gasteiger partial charge in [0.1, 0.15) is 5.69 Å². The molecule has 0 saturated heterocycles. The molecule has 0 aliphatic heterocycles. The van der Waals surface area contributed by atoms with Crippen LogP contribution in [-0.2, 0) is 10.3 Å². The Bertz CT molecular complexity index is 433. The largest absolute Gasteiger partial charge is 0.461 e. The predicted molar refractivity (Wildman–Crippen MR) is 58.2 cm³/mol. The lowest BCUT2D eigenvalue weighted by atomic mass is 9.50. The van der Waals surface area contributed by atoms with Gasteiger partial charge in [0.05, 0.1) is 17.8 Å². The minimum absolute atomic E-state index is 0.154. The highest BCUT2D eigenvalue weighted by molar-refractivity contribution is 5.87. The van der Waals surface area contributed by atoms with E-state index in [1.165, 1.54) is 19.3 Å². The van der Waals surface area contributed by atoms with Crippen LogP contribution in [-0.4, -0.2) is 22.4 Å². The van der Waals surface area contributed by atoms with Crippen LogP contribution < -0.4 is 0 Å². The molecule has 2 bridgehead atoms. The summed E-state index contributed by atoms with van der Waals surface area (Å²) < 4.78 is 6.98. The second-order valence-corrected chi connectivity index (χ2v) is 5.01. The van der Waals surface area contributed by atoms with E-state index in [-0.39, 0.29) is 11.5 Å². The minimum Gasteiger partial charge on any atom is -0.461 e. The molecule has 0 spiro atoms. The molecule has 4 rings (SSSR count). The molecule has 0 unspecified atom stereocenters. The molecule has 4 heteroatoms. The molecule has 86 valence electrons. The van der Waals surface area contributed by atoms with Gasteiger partial charge >= 0.3 is 5.97 Å². The fourth-order valence-corrected chi connectivity index (χ4v) is 2.90. The molecule has 0 amide bonds. The number of nitrogens with zero attached hydrogens (tertiary/aromatic N) is 2. The number of ether oxygens (including phenoxy) is 1. The van der Waals surface area contributed by atoms with Crippen LogP contribution in [0.15, 0.2) is 6.07 Å². The van der Waals surface area contributed by atoms with Crippen LogP contribution in [0.3, 0.4) is 0 Å². The van der Waals surface area contributed by atoms with Gasteiger partial charge in [-0.05, 0) is 45.1 Å². The van der Waals surface area contributed by atoms with Crippen molar-refractivity contribution in [1.82, 2.24) is 9.78 Å². The van der Waals surface area contributed by atoms with Crippen LogP contribution in [0.5, 0.6) is 0 Å². The third-order valence-corrected chi connectivity index (χ3v) is 3.77. The van der Waals surface area contributed by atoms with E-state index in [9.17, 15) is 4.79 Å². The maximum atomic E-state index is 11.8. The summed E-state index contributed by atoms with van der Waals surface area (Å²) in [5.41, 5.74) is 1.67. The Morgan fingerprint density at radius 2 is 2.31 bits per heavy atom. The summed E-state index contributed by atoms with van der Waals surface area (Å²) in [7, 11) is 0. The van der Waals surface area contributed by atoms with Crippen LogP contribution in [0.25, 0.3) is 0 Å². The van der Waals surface area contributed by atoms with E-state index in [4.69, 9.17) is 4.74 Å². The van der Waals surface area contributed by atoms with Gasteiger partial charge in [0.2, 0.25) is 0 Å². The number of hydrogen-bond acceptors (Lipinski definition) is 3. The number of hydrogen-bond donors (Lipinski definition) is 0. The van der Waals surface area contributed by atoms with Crippen molar-refractivity contribution in [3.05, 3.63) is 17.5 Å². The fourth-order valence-electron chi connectivity index (χ4n) is 2.90. The highest BCUT2D eigenvalue weighted by Gasteiger charge is 2.59. The van der Waals surface area contributed by atoms with Crippen LogP contribution in [0.2, 0.25) is 0 Å². The molecular formula is C12H16N2O2. The van der Waals surface area contributed by atoms with Crippen molar-refractivity contribution in [2.75, 3.05) is 6.61 Å². The van der Waals surface area contributed by atoms with Crippen molar-refractivity contribution in [3.8, 4) is 0 Å². The molecule has 0 radical (unpaired) electrons. The standard InChI is InChI=1S/C12H16N2O2/c1-3-16-11(15)10-4-8(2)13-14(10)12-5-9(6-12)7-12/h4,9H,3,5-7H2,1-2H3. The third kappa shape index (κ3) is 1.16. The van der Waals surface area contributed by atoms with E-state index in [1.807, 2.05) is 24.6 Å². The summed E-state index contributed by atoms with van der Waals surface area (Å²) >= 11 is 0.